The number of rotatable bonds is 9. The molecule has 3 N–H and O–H groups in total. The molecule has 114 valence electrons. The maximum Gasteiger partial charge on any atom is 0.239 e. The molecule has 0 aliphatic heterocycles. The Morgan fingerprint density at radius 2 is 2.05 bits per heavy atom. The molecule has 0 aromatic carbocycles. The van der Waals surface area contributed by atoms with Crippen LogP contribution in [-0.2, 0) is 9.53 Å². The minimum atomic E-state index is -0.731. The number of ether oxygens (including phenoxy) is 1. The molecule has 1 atom stereocenters. The van der Waals surface area contributed by atoms with Crippen LogP contribution in [0.1, 0.15) is 52.9 Å². The topological polar surface area (TPSA) is 64.4 Å². The quantitative estimate of drug-likeness (QED) is 0.641. The van der Waals surface area contributed by atoms with Crippen molar-refractivity contribution in [1.82, 2.24) is 5.32 Å². The van der Waals surface area contributed by atoms with Gasteiger partial charge in [0.25, 0.3) is 0 Å². The molecule has 0 spiro atoms. The second kappa shape index (κ2) is 8.08. The van der Waals surface area contributed by atoms with E-state index in [1.807, 2.05) is 20.8 Å². The highest BCUT2D eigenvalue weighted by molar-refractivity contribution is 5.85. The molecule has 1 saturated carbocycles. The zero-order valence-corrected chi connectivity index (χ0v) is 13.3. The molecule has 1 amide bonds. The smallest absolute Gasteiger partial charge is 0.239 e. The lowest BCUT2D eigenvalue weighted by Crippen LogP contribution is -2.52. The normalized spacial score (nSPS) is 19.2. The number of amides is 1. The minimum absolute atomic E-state index is 0. The number of hydrogen-bond donors (Lipinski definition) is 2. The van der Waals surface area contributed by atoms with Crippen LogP contribution in [0.3, 0.4) is 0 Å². The number of nitrogens with one attached hydrogen (secondary N) is 1. The summed E-state index contributed by atoms with van der Waals surface area (Å²) in [5.74, 6) is -0.0213. The van der Waals surface area contributed by atoms with Gasteiger partial charge in [-0.1, -0.05) is 13.3 Å². The number of carbonyl (C=O) groups excluding carboxylic acids is 1. The van der Waals surface area contributed by atoms with Gasteiger partial charge < -0.3 is 15.8 Å². The molecule has 1 rings (SSSR count). The summed E-state index contributed by atoms with van der Waals surface area (Å²) in [6, 6.07) is 0. The van der Waals surface area contributed by atoms with E-state index < -0.39 is 5.54 Å². The van der Waals surface area contributed by atoms with Crippen LogP contribution in [0.15, 0.2) is 0 Å². The molecule has 19 heavy (non-hydrogen) atoms. The first-order chi connectivity index (χ1) is 8.46. The number of carbonyl (C=O) groups is 1. The molecule has 0 aromatic heterocycles. The lowest BCUT2D eigenvalue weighted by atomic mass is 9.95. The fourth-order valence-electron chi connectivity index (χ4n) is 2.23. The Labute approximate surface area is 123 Å². The average Bonchev–Trinajstić information content (AvgIpc) is 3.07. The van der Waals surface area contributed by atoms with Gasteiger partial charge in [-0.25, -0.2) is 0 Å². The number of hydrogen-bond acceptors (Lipinski definition) is 3. The Morgan fingerprint density at radius 1 is 1.42 bits per heavy atom. The fourth-order valence-corrected chi connectivity index (χ4v) is 2.23. The van der Waals surface area contributed by atoms with E-state index in [9.17, 15) is 4.79 Å². The zero-order chi connectivity index (χ0) is 13.6. The van der Waals surface area contributed by atoms with E-state index in [0.717, 1.165) is 39.0 Å². The second-order valence-electron chi connectivity index (χ2n) is 5.80. The van der Waals surface area contributed by atoms with E-state index in [4.69, 9.17) is 10.5 Å². The molecule has 0 aromatic rings. The van der Waals surface area contributed by atoms with Crippen LogP contribution >= 0.6 is 12.4 Å². The Bertz CT molecular complexity index is 279. The summed E-state index contributed by atoms with van der Waals surface area (Å²) in [4.78, 5) is 12.0. The summed E-state index contributed by atoms with van der Waals surface area (Å²) in [5, 5.41) is 3.02. The average molecular weight is 293 g/mol. The molecular weight excluding hydrogens is 264 g/mol. The van der Waals surface area contributed by atoms with Gasteiger partial charge in [-0.2, -0.15) is 0 Å². The molecule has 1 aliphatic carbocycles. The van der Waals surface area contributed by atoms with Crippen LogP contribution in [-0.4, -0.2) is 31.2 Å². The third-order valence-corrected chi connectivity index (χ3v) is 3.85. The van der Waals surface area contributed by atoms with Crippen molar-refractivity contribution in [3.05, 3.63) is 0 Å². The van der Waals surface area contributed by atoms with E-state index >= 15 is 0 Å². The molecule has 1 unspecified atom stereocenters. The lowest BCUT2D eigenvalue weighted by Gasteiger charge is -2.25. The summed E-state index contributed by atoms with van der Waals surface area (Å²) >= 11 is 0. The standard InChI is InChI=1S/C14H28N2O2.ClH/c1-4-6-13(3,15)12(17)16-11-14(7-8-14)9-10-18-5-2;/h4-11,15H2,1-3H3,(H,16,17);1H. The predicted molar refractivity (Wildman–Crippen MR) is 80.5 cm³/mol. The number of halogens is 1. The Balaban J connectivity index is 0.00000324. The first-order valence-corrected chi connectivity index (χ1v) is 7.11. The van der Waals surface area contributed by atoms with Crippen LogP contribution < -0.4 is 11.1 Å². The minimum Gasteiger partial charge on any atom is -0.382 e. The molecule has 4 nitrogen and oxygen atoms in total. The van der Waals surface area contributed by atoms with Crippen LogP contribution in [0.2, 0.25) is 0 Å². The first kappa shape index (κ1) is 18.7. The molecule has 5 heteroatoms. The van der Waals surface area contributed by atoms with Gasteiger partial charge in [0, 0.05) is 19.8 Å². The summed E-state index contributed by atoms with van der Waals surface area (Å²) in [6.45, 7) is 8.16. The van der Waals surface area contributed by atoms with Crippen LogP contribution in [0, 0.1) is 5.41 Å². The SMILES string of the molecule is CCCC(C)(N)C(=O)NCC1(CCOCC)CC1.Cl. The van der Waals surface area contributed by atoms with Crippen molar-refractivity contribution in [2.75, 3.05) is 19.8 Å². The zero-order valence-electron chi connectivity index (χ0n) is 12.5. The maximum atomic E-state index is 12.0. The summed E-state index contributed by atoms with van der Waals surface area (Å²) < 4.78 is 5.38. The van der Waals surface area contributed by atoms with Crippen molar-refractivity contribution >= 4 is 18.3 Å². The van der Waals surface area contributed by atoms with Crippen LogP contribution in [0.4, 0.5) is 0 Å². The van der Waals surface area contributed by atoms with E-state index in [0.29, 0.717) is 0 Å². The largest absolute Gasteiger partial charge is 0.382 e. The van der Waals surface area contributed by atoms with Crippen LogP contribution in [0.5, 0.6) is 0 Å². The molecule has 0 bridgehead atoms. The summed E-state index contributed by atoms with van der Waals surface area (Å²) in [6.07, 6.45) is 5.07. The summed E-state index contributed by atoms with van der Waals surface area (Å²) in [5.41, 5.74) is 5.56. The van der Waals surface area contributed by atoms with Gasteiger partial charge in [-0.15, -0.1) is 12.4 Å². The first-order valence-electron chi connectivity index (χ1n) is 7.11. The van der Waals surface area contributed by atoms with Gasteiger partial charge in [-0.3, -0.25) is 4.79 Å². The van der Waals surface area contributed by atoms with Gasteiger partial charge in [-0.05, 0) is 44.9 Å². The van der Waals surface area contributed by atoms with Crippen LogP contribution in [0.25, 0.3) is 0 Å². The van der Waals surface area contributed by atoms with Gasteiger partial charge >= 0.3 is 0 Å². The Kier molecular flexibility index (Phi) is 7.94. The van der Waals surface area contributed by atoms with Crippen molar-refractivity contribution < 1.29 is 9.53 Å². The number of nitrogens with two attached hydrogens (primary N) is 1. The van der Waals surface area contributed by atoms with Crippen molar-refractivity contribution in [3.63, 3.8) is 0 Å². The predicted octanol–water partition coefficient (Wildman–Crippen LogP) is 2.25. The van der Waals surface area contributed by atoms with Crippen molar-refractivity contribution in [1.29, 1.82) is 0 Å². The van der Waals surface area contributed by atoms with E-state index in [1.165, 1.54) is 12.8 Å². The monoisotopic (exact) mass is 292 g/mol. The fraction of sp³-hybridized carbons (Fsp3) is 0.929. The molecular formula is C14H29ClN2O2. The van der Waals surface area contributed by atoms with Gasteiger partial charge in [0.05, 0.1) is 5.54 Å². The highest BCUT2D eigenvalue weighted by Crippen LogP contribution is 2.48. The lowest BCUT2D eigenvalue weighted by molar-refractivity contribution is -0.126. The van der Waals surface area contributed by atoms with Crippen molar-refractivity contribution in [2.24, 2.45) is 11.1 Å². The van der Waals surface area contributed by atoms with Gasteiger partial charge in [0.2, 0.25) is 5.91 Å². The van der Waals surface area contributed by atoms with E-state index in [2.05, 4.69) is 5.32 Å². The van der Waals surface area contributed by atoms with Gasteiger partial charge in [0.15, 0.2) is 0 Å². The maximum absolute atomic E-state index is 12.0. The molecule has 1 fully saturated rings. The highest BCUT2D eigenvalue weighted by atomic mass is 35.5. The Hall–Kier alpha value is -0.320. The third kappa shape index (κ3) is 6.11. The van der Waals surface area contributed by atoms with Crippen molar-refractivity contribution in [3.8, 4) is 0 Å². The second-order valence-corrected chi connectivity index (χ2v) is 5.80. The molecule has 0 saturated heterocycles. The third-order valence-electron chi connectivity index (χ3n) is 3.85. The van der Waals surface area contributed by atoms with Crippen molar-refractivity contribution in [2.45, 2.75) is 58.4 Å². The molecule has 1 aliphatic rings. The Morgan fingerprint density at radius 3 is 2.53 bits per heavy atom. The summed E-state index contributed by atoms with van der Waals surface area (Å²) in [7, 11) is 0. The van der Waals surface area contributed by atoms with E-state index in [1.54, 1.807) is 0 Å². The molecule has 0 radical (unpaired) electrons. The van der Waals surface area contributed by atoms with E-state index in [-0.39, 0.29) is 23.7 Å². The highest BCUT2D eigenvalue weighted by Gasteiger charge is 2.43. The van der Waals surface area contributed by atoms with Gasteiger partial charge in [0.1, 0.15) is 0 Å². The molecule has 0 heterocycles.